The van der Waals surface area contributed by atoms with Crippen LogP contribution in [0.2, 0.25) is 5.02 Å². The van der Waals surface area contributed by atoms with Crippen LogP contribution >= 0.6 is 22.9 Å². The minimum absolute atomic E-state index is 0.0558. The fourth-order valence-corrected chi connectivity index (χ4v) is 8.20. The Kier molecular flexibility index (Phi) is 7.97. The Labute approximate surface area is 237 Å². The number of allylic oxidation sites excluding steroid dienone is 1. The number of nitrogens with one attached hydrogen (secondary N) is 1. The normalized spacial score (nSPS) is 24.2. The van der Waals surface area contributed by atoms with Crippen molar-refractivity contribution in [2.45, 2.75) is 37.0 Å². The van der Waals surface area contributed by atoms with Gasteiger partial charge in [0.1, 0.15) is 6.04 Å². The highest BCUT2D eigenvalue weighted by molar-refractivity contribution is 7.89. The van der Waals surface area contributed by atoms with E-state index in [2.05, 4.69) is 15.3 Å². The molecule has 1 aliphatic carbocycles. The molecule has 2 aromatic rings. The van der Waals surface area contributed by atoms with Crippen molar-refractivity contribution in [3.05, 3.63) is 62.2 Å². The second kappa shape index (κ2) is 11.1. The number of amidine groups is 1. The molecular formula is C25H25ClF2N4O6S2. The molecule has 15 heteroatoms. The van der Waals surface area contributed by atoms with E-state index in [9.17, 15) is 26.8 Å². The number of halogens is 3. The van der Waals surface area contributed by atoms with Crippen LogP contribution in [0.5, 0.6) is 0 Å². The predicted molar refractivity (Wildman–Crippen MR) is 142 cm³/mol. The van der Waals surface area contributed by atoms with E-state index in [-0.39, 0.29) is 43.0 Å². The number of carbonyl (C=O) groups is 2. The third kappa shape index (κ3) is 5.13. The molecule has 2 fully saturated rings. The Balaban J connectivity index is 1.48. The number of hydrogen-bond acceptors (Lipinski definition) is 9. The van der Waals surface area contributed by atoms with Crippen LogP contribution in [0.15, 0.2) is 40.0 Å². The lowest BCUT2D eigenvalue weighted by Gasteiger charge is -2.40. The summed E-state index contributed by atoms with van der Waals surface area (Å²) in [5, 5.41) is 13.3. The Bertz CT molecular complexity index is 1500. The van der Waals surface area contributed by atoms with Crippen LogP contribution in [0.1, 0.15) is 42.3 Å². The molecular weight excluding hydrogens is 590 g/mol. The van der Waals surface area contributed by atoms with Crippen molar-refractivity contribution < 1.29 is 36.6 Å². The van der Waals surface area contributed by atoms with Gasteiger partial charge >= 0.3 is 11.9 Å². The van der Waals surface area contributed by atoms with Crippen molar-refractivity contribution in [2.75, 3.05) is 20.2 Å². The average molecular weight is 615 g/mol. The predicted octanol–water partition coefficient (Wildman–Crippen LogP) is 3.50. The molecule has 10 nitrogen and oxygen atoms in total. The van der Waals surface area contributed by atoms with E-state index in [1.54, 1.807) is 11.6 Å². The van der Waals surface area contributed by atoms with Crippen LogP contribution in [0.3, 0.4) is 0 Å². The van der Waals surface area contributed by atoms with Crippen LogP contribution in [0.4, 0.5) is 8.78 Å². The van der Waals surface area contributed by atoms with Gasteiger partial charge in [-0.15, -0.1) is 11.3 Å². The number of thiazole rings is 1. The lowest BCUT2D eigenvalue weighted by atomic mass is 9.85. The third-order valence-corrected chi connectivity index (χ3v) is 11.0. The number of methoxy groups -OCH3 is 1. The van der Waals surface area contributed by atoms with Crippen molar-refractivity contribution in [1.29, 1.82) is 0 Å². The average Bonchev–Trinajstić information content (AvgIpc) is 3.45. The second-order valence-electron chi connectivity index (χ2n) is 9.77. The maximum atomic E-state index is 14.5. The zero-order valence-corrected chi connectivity index (χ0v) is 23.5. The van der Waals surface area contributed by atoms with E-state index < -0.39 is 55.8 Å². The number of carboxylic acids is 1. The summed E-state index contributed by atoms with van der Waals surface area (Å²) in [4.78, 5) is 33.2. The van der Waals surface area contributed by atoms with Crippen molar-refractivity contribution in [3.8, 4) is 0 Å². The van der Waals surface area contributed by atoms with Crippen LogP contribution in [0.25, 0.3) is 0 Å². The lowest BCUT2D eigenvalue weighted by Crippen LogP contribution is -2.50. The van der Waals surface area contributed by atoms with Gasteiger partial charge in [0.2, 0.25) is 10.0 Å². The van der Waals surface area contributed by atoms with E-state index >= 15 is 0 Å². The van der Waals surface area contributed by atoms with Gasteiger partial charge in [0.05, 0.1) is 28.9 Å². The Morgan fingerprint density at radius 3 is 2.52 bits per heavy atom. The van der Waals surface area contributed by atoms with Crippen LogP contribution in [-0.4, -0.2) is 66.0 Å². The smallest absolute Gasteiger partial charge is 0.338 e. The molecule has 1 saturated carbocycles. The molecule has 3 aliphatic rings. The number of sulfonamides is 1. The number of piperidine rings is 1. The first-order valence-electron chi connectivity index (χ1n) is 12.4. The summed E-state index contributed by atoms with van der Waals surface area (Å²) in [6.45, 7) is 0.308. The number of aliphatic imine (C=N–C) groups is 1. The fourth-order valence-electron chi connectivity index (χ4n) is 5.27. The molecule has 5 rings (SSSR count). The van der Waals surface area contributed by atoms with Gasteiger partial charge in [0.25, 0.3) is 0 Å². The number of nitrogens with zero attached hydrogens (tertiary/aromatic N) is 3. The molecule has 1 aromatic carbocycles. The van der Waals surface area contributed by atoms with Gasteiger partial charge in [0.15, 0.2) is 22.5 Å². The molecule has 2 N–H and O–H groups in total. The number of esters is 1. The maximum Gasteiger partial charge on any atom is 0.338 e. The monoisotopic (exact) mass is 614 g/mol. The lowest BCUT2D eigenvalue weighted by molar-refractivity contribution is -0.144. The zero-order chi connectivity index (χ0) is 28.8. The molecule has 1 aromatic heterocycles. The number of hydrogen-bond donors (Lipinski definition) is 2. The quantitative estimate of drug-likeness (QED) is 0.357. The molecule has 40 heavy (non-hydrogen) atoms. The summed E-state index contributed by atoms with van der Waals surface area (Å²) in [5.74, 6) is -4.86. The van der Waals surface area contributed by atoms with Gasteiger partial charge in [-0.25, -0.2) is 31.3 Å². The third-order valence-electron chi connectivity index (χ3n) is 7.56. The molecule has 0 unspecified atom stereocenters. The topological polar surface area (TPSA) is 138 Å². The first-order chi connectivity index (χ1) is 19.0. The van der Waals surface area contributed by atoms with Gasteiger partial charge in [-0.2, -0.15) is 0 Å². The first kappa shape index (κ1) is 28.6. The highest BCUT2D eigenvalue weighted by atomic mass is 35.5. The number of aliphatic carboxylic acids is 1. The Hall–Kier alpha value is -2.94. The van der Waals surface area contributed by atoms with Crippen molar-refractivity contribution in [2.24, 2.45) is 16.8 Å². The van der Waals surface area contributed by atoms with Gasteiger partial charge in [0, 0.05) is 41.8 Å². The van der Waals surface area contributed by atoms with Crippen molar-refractivity contribution in [1.82, 2.24) is 14.6 Å². The van der Waals surface area contributed by atoms with Crippen molar-refractivity contribution in [3.63, 3.8) is 0 Å². The van der Waals surface area contributed by atoms with E-state index in [0.29, 0.717) is 29.4 Å². The highest BCUT2D eigenvalue weighted by Crippen LogP contribution is 2.42. The van der Waals surface area contributed by atoms with Crippen molar-refractivity contribution >= 4 is 50.7 Å². The number of benzene rings is 1. The van der Waals surface area contributed by atoms with E-state index in [4.69, 9.17) is 21.4 Å². The van der Waals surface area contributed by atoms with Crippen LogP contribution < -0.4 is 5.32 Å². The molecule has 1 atom stereocenters. The zero-order valence-electron chi connectivity index (χ0n) is 21.1. The molecule has 0 spiro atoms. The molecule has 0 amide bonds. The van der Waals surface area contributed by atoms with E-state index in [0.717, 1.165) is 6.07 Å². The van der Waals surface area contributed by atoms with E-state index in [1.165, 1.54) is 28.8 Å². The molecule has 2 aliphatic heterocycles. The molecule has 3 heterocycles. The van der Waals surface area contributed by atoms with Crippen LogP contribution in [0, 0.1) is 23.5 Å². The van der Waals surface area contributed by atoms with Gasteiger partial charge in [-0.3, -0.25) is 9.79 Å². The molecule has 0 bridgehead atoms. The summed E-state index contributed by atoms with van der Waals surface area (Å²) in [7, 11) is -2.49. The molecule has 1 saturated heterocycles. The minimum atomic E-state index is -3.68. The number of carboxylic acid groups (broad SMARTS) is 1. The van der Waals surface area contributed by atoms with E-state index in [1.807, 2.05) is 0 Å². The number of ether oxygens (including phenoxy) is 1. The fraction of sp³-hybridized carbons (Fsp3) is 0.440. The second-order valence-corrected chi connectivity index (χ2v) is 13.3. The largest absolute Gasteiger partial charge is 0.481 e. The van der Waals surface area contributed by atoms with Crippen LogP contribution in [-0.2, 0) is 24.3 Å². The number of rotatable bonds is 7. The maximum absolute atomic E-state index is 14.5. The summed E-state index contributed by atoms with van der Waals surface area (Å²) in [6.07, 6.45) is 2.41. The standard InChI is InChI=1S/C25H25ClF2N4O6S2/c1-38-25(35)17-20(12-4-7-32(8-5-12)40(36,37)14-10-13(11-14)24(33)34)30-22(23-29-6-9-39-23)31-21(17)15-2-3-16(27)19(28)18(15)26/h2-3,6,9,12-14,21H,4-5,7-8,10-11H2,1H3,(H,30,31)(H,33,34)/t13-,14+,21-/m0/s1. The summed E-state index contributed by atoms with van der Waals surface area (Å²) >= 11 is 7.48. The Morgan fingerprint density at radius 1 is 1.23 bits per heavy atom. The van der Waals surface area contributed by atoms with Gasteiger partial charge in [-0.05, 0) is 31.7 Å². The summed E-state index contributed by atoms with van der Waals surface area (Å²) in [5.41, 5.74) is 0.539. The van der Waals surface area contributed by atoms with Gasteiger partial charge < -0.3 is 15.2 Å². The molecule has 0 radical (unpaired) electrons. The minimum Gasteiger partial charge on any atom is -0.481 e. The highest BCUT2D eigenvalue weighted by Gasteiger charge is 2.46. The van der Waals surface area contributed by atoms with Gasteiger partial charge in [-0.1, -0.05) is 17.7 Å². The SMILES string of the molecule is COC(=O)C1=C(C2CCN(S(=O)(=O)[C@H]3C[C@@H](C(=O)O)C3)CC2)NC(c2nccs2)=N[C@H]1c1ccc(F)c(F)c1Cl. The number of aromatic nitrogens is 1. The Morgan fingerprint density at radius 2 is 1.93 bits per heavy atom. The molecule has 214 valence electrons. The summed E-state index contributed by atoms with van der Waals surface area (Å²) in [6, 6.07) is 1.03. The first-order valence-corrected chi connectivity index (χ1v) is 15.2. The number of carbonyl (C=O) groups excluding carboxylic acids is 1. The summed E-state index contributed by atoms with van der Waals surface area (Å²) < 4.78 is 61.0.